The standard InChI is InChI=1S/C8H6BrF2IO/c9-5-1-2-7(6(12)3-5)13-4-8(10)11/h1-3,8H,4H2. The number of rotatable bonds is 3. The number of benzene rings is 1. The van der Waals surface area contributed by atoms with Gasteiger partial charge in [0, 0.05) is 4.47 Å². The summed E-state index contributed by atoms with van der Waals surface area (Å²) in [6.45, 7) is -0.558. The second-order valence-electron chi connectivity index (χ2n) is 2.28. The molecule has 1 rings (SSSR count). The Morgan fingerprint density at radius 3 is 2.69 bits per heavy atom. The maximum Gasteiger partial charge on any atom is 0.272 e. The third-order valence-electron chi connectivity index (χ3n) is 1.26. The molecule has 0 bridgehead atoms. The van der Waals surface area contributed by atoms with Gasteiger partial charge >= 0.3 is 0 Å². The van der Waals surface area contributed by atoms with Gasteiger partial charge in [0.2, 0.25) is 0 Å². The normalized spacial score (nSPS) is 10.5. The van der Waals surface area contributed by atoms with E-state index >= 15 is 0 Å². The van der Waals surface area contributed by atoms with Gasteiger partial charge in [-0.3, -0.25) is 0 Å². The molecule has 0 amide bonds. The quantitative estimate of drug-likeness (QED) is 0.745. The van der Waals surface area contributed by atoms with Crippen LogP contribution in [0.25, 0.3) is 0 Å². The van der Waals surface area contributed by atoms with Crippen LogP contribution in [0.15, 0.2) is 22.7 Å². The first-order valence-electron chi connectivity index (χ1n) is 3.45. The largest absolute Gasteiger partial charge is 0.487 e. The molecule has 0 aromatic heterocycles. The minimum absolute atomic E-state index is 0.490. The Morgan fingerprint density at radius 1 is 1.46 bits per heavy atom. The van der Waals surface area contributed by atoms with E-state index in [9.17, 15) is 8.78 Å². The molecule has 0 fully saturated rings. The molecule has 0 atom stereocenters. The molecule has 0 spiro atoms. The summed E-state index contributed by atoms with van der Waals surface area (Å²) in [4.78, 5) is 0. The Labute approximate surface area is 96.7 Å². The monoisotopic (exact) mass is 362 g/mol. The van der Waals surface area contributed by atoms with Crippen molar-refractivity contribution in [1.29, 1.82) is 0 Å². The second-order valence-corrected chi connectivity index (χ2v) is 4.35. The topological polar surface area (TPSA) is 9.23 Å². The van der Waals surface area contributed by atoms with Crippen LogP contribution < -0.4 is 4.74 Å². The molecule has 0 radical (unpaired) electrons. The van der Waals surface area contributed by atoms with Crippen molar-refractivity contribution < 1.29 is 13.5 Å². The number of ether oxygens (including phenoxy) is 1. The third kappa shape index (κ3) is 3.76. The number of hydrogen-bond acceptors (Lipinski definition) is 1. The predicted octanol–water partition coefficient (Wildman–Crippen LogP) is 3.70. The van der Waals surface area contributed by atoms with Crippen LogP contribution in [0.1, 0.15) is 0 Å². The number of alkyl halides is 2. The summed E-state index contributed by atoms with van der Waals surface area (Å²) in [6, 6.07) is 5.22. The zero-order valence-electron chi connectivity index (χ0n) is 6.44. The molecule has 0 saturated heterocycles. The zero-order valence-corrected chi connectivity index (χ0v) is 10.2. The van der Waals surface area contributed by atoms with E-state index in [1.807, 2.05) is 22.6 Å². The fourth-order valence-electron chi connectivity index (χ4n) is 0.745. The van der Waals surface area contributed by atoms with E-state index in [1.165, 1.54) is 0 Å². The Balaban J connectivity index is 2.67. The minimum atomic E-state index is -2.43. The fourth-order valence-corrected chi connectivity index (χ4v) is 2.21. The SMILES string of the molecule is FC(F)COc1ccc(Br)cc1I. The minimum Gasteiger partial charge on any atom is -0.487 e. The lowest BCUT2D eigenvalue weighted by atomic mass is 10.3. The molecular formula is C8H6BrF2IO. The lowest BCUT2D eigenvalue weighted by Crippen LogP contribution is -2.07. The van der Waals surface area contributed by atoms with Crippen molar-refractivity contribution in [1.82, 2.24) is 0 Å². The summed E-state index contributed by atoms with van der Waals surface area (Å²) in [7, 11) is 0. The lowest BCUT2D eigenvalue weighted by molar-refractivity contribution is 0.0815. The van der Waals surface area contributed by atoms with Gasteiger partial charge in [0.1, 0.15) is 12.4 Å². The molecule has 5 heteroatoms. The fraction of sp³-hybridized carbons (Fsp3) is 0.250. The van der Waals surface area contributed by atoms with Gasteiger partial charge in [-0.1, -0.05) is 15.9 Å². The molecule has 0 heterocycles. The van der Waals surface area contributed by atoms with Crippen LogP contribution in [-0.4, -0.2) is 13.0 Å². The highest BCUT2D eigenvalue weighted by molar-refractivity contribution is 14.1. The number of halogens is 4. The highest BCUT2D eigenvalue weighted by Gasteiger charge is 2.06. The average Bonchev–Trinajstić information content (AvgIpc) is 2.02. The zero-order chi connectivity index (χ0) is 9.84. The summed E-state index contributed by atoms with van der Waals surface area (Å²) in [6.07, 6.45) is -2.43. The molecule has 0 aliphatic rings. The van der Waals surface area contributed by atoms with Crippen molar-refractivity contribution in [3.05, 3.63) is 26.2 Å². The Hall–Kier alpha value is 0.0900. The first kappa shape index (κ1) is 11.2. The Kier molecular flexibility index (Phi) is 4.37. The van der Waals surface area contributed by atoms with Crippen LogP contribution in [0.3, 0.4) is 0 Å². The van der Waals surface area contributed by atoms with E-state index < -0.39 is 13.0 Å². The third-order valence-corrected chi connectivity index (χ3v) is 2.60. The van der Waals surface area contributed by atoms with Crippen LogP contribution >= 0.6 is 38.5 Å². The molecule has 0 saturated carbocycles. The van der Waals surface area contributed by atoms with E-state index in [0.29, 0.717) is 5.75 Å². The lowest BCUT2D eigenvalue weighted by Gasteiger charge is -2.07. The van der Waals surface area contributed by atoms with Crippen LogP contribution in [0.4, 0.5) is 8.78 Å². The van der Waals surface area contributed by atoms with E-state index in [1.54, 1.807) is 18.2 Å². The van der Waals surface area contributed by atoms with E-state index in [0.717, 1.165) is 8.04 Å². The summed E-state index contributed by atoms with van der Waals surface area (Å²) in [5, 5.41) is 0. The van der Waals surface area contributed by atoms with Gasteiger partial charge in [0.15, 0.2) is 0 Å². The summed E-state index contributed by atoms with van der Waals surface area (Å²) in [5.74, 6) is 0.490. The Morgan fingerprint density at radius 2 is 2.15 bits per heavy atom. The van der Waals surface area contributed by atoms with E-state index in [-0.39, 0.29) is 0 Å². The van der Waals surface area contributed by atoms with Crippen LogP contribution in [-0.2, 0) is 0 Å². The van der Waals surface area contributed by atoms with Crippen LogP contribution in [0.5, 0.6) is 5.75 Å². The van der Waals surface area contributed by atoms with Crippen molar-refractivity contribution in [2.45, 2.75) is 6.43 Å². The Bertz CT molecular complexity index is 293. The molecule has 0 aliphatic carbocycles. The van der Waals surface area contributed by atoms with Gasteiger partial charge in [-0.25, -0.2) is 8.78 Å². The molecule has 0 aliphatic heterocycles. The smallest absolute Gasteiger partial charge is 0.272 e. The molecule has 1 aromatic carbocycles. The summed E-state index contributed by atoms with van der Waals surface area (Å²) >= 11 is 5.30. The molecule has 1 nitrogen and oxygen atoms in total. The van der Waals surface area contributed by atoms with Gasteiger partial charge in [-0.15, -0.1) is 0 Å². The summed E-state index contributed by atoms with van der Waals surface area (Å²) < 4.78 is 30.2. The second kappa shape index (κ2) is 5.09. The van der Waals surface area contributed by atoms with E-state index in [2.05, 4.69) is 15.9 Å². The molecule has 13 heavy (non-hydrogen) atoms. The van der Waals surface area contributed by atoms with Gasteiger partial charge in [-0.2, -0.15) is 0 Å². The molecule has 0 unspecified atom stereocenters. The number of hydrogen-bond donors (Lipinski definition) is 0. The highest BCUT2D eigenvalue weighted by Crippen LogP contribution is 2.24. The van der Waals surface area contributed by atoms with Crippen LogP contribution in [0.2, 0.25) is 0 Å². The maximum atomic E-state index is 11.8. The first-order valence-corrected chi connectivity index (χ1v) is 5.33. The van der Waals surface area contributed by atoms with Gasteiger partial charge in [0.25, 0.3) is 6.43 Å². The van der Waals surface area contributed by atoms with Gasteiger partial charge in [-0.05, 0) is 40.8 Å². The first-order chi connectivity index (χ1) is 6.09. The summed E-state index contributed by atoms with van der Waals surface area (Å²) in [5.41, 5.74) is 0. The van der Waals surface area contributed by atoms with Crippen molar-refractivity contribution in [2.75, 3.05) is 6.61 Å². The van der Waals surface area contributed by atoms with Crippen LogP contribution in [0, 0.1) is 3.57 Å². The molecule has 72 valence electrons. The van der Waals surface area contributed by atoms with Crippen molar-refractivity contribution in [3.8, 4) is 5.75 Å². The van der Waals surface area contributed by atoms with Gasteiger partial charge in [0.05, 0.1) is 3.57 Å². The molecular weight excluding hydrogens is 357 g/mol. The maximum absolute atomic E-state index is 11.8. The predicted molar refractivity (Wildman–Crippen MR) is 58.4 cm³/mol. The molecule has 0 N–H and O–H groups in total. The van der Waals surface area contributed by atoms with Crippen molar-refractivity contribution >= 4 is 38.5 Å². The van der Waals surface area contributed by atoms with Gasteiger partial charge < -0.3 is 4.74 Å². The van der Waals surface area contributed by atoms with E-state index in [4.69, 9.17) is 4.74 Å². The average molecular weight is 363 g/mol. The highest BCUT2D eigenvalue weighted by atomic mass is 127. The molecule has 1 aromatic rings. The van der Waals surface area contributed by atoms with Crippen molar-refractivity contribution in [3.63, 3.8) is 0 Å². The van der Waals surface area contributed by atoms with Crippen molar-refractivity contribution in [2.24, 2.45) is 0 Å².